The average Bonchev–Trinajstić information content (AvgIpc) is 2.61. The SMILES string of the molecule is NCC=C(F)COc1ccc(C(=O)NCCc2ccccc2)cc1Cl. The van der Waals surface area contributed by atoms with Crippen LogP contribution in [0.4, 0.5) is 4.39 Å². The molecule has 0 spiro atoms. The van der Waals surface area contributed by atoms with Gasteiger partial charge in [0.2, 0.25) is 0 Å². The fraction of sp³-hybridized carbons (Fsp3) is 0.211. The summed E-state index contributed by atoms with van der Waals surface area (Å²) in [6.45, 7) is 0.373. The number of carbonyl (C=O) groups is 1. The van der Waals surface area contributed by atoms with Gasteiger partial charge in [-0.1, -0.05) is 41.9 Å². The number of benzene rings is 2. The molecular weight excluding hydrogens is 343 g/mol. The van der Waals surface area contributed by atoms with Crippen molar-refractivity contribution < 1.29 is 13.9 Å². The first-order valence-electron chi connectivity index (χ1n) is 7.89. The third kappa shape index (κ3) is 6.21. The maximum atomic E-state index is 13.3. The van der Waals surface area contributed by atoms with Crippen LogP contribution in [-0.4, -0.2) is 25.6 Å². The number of ether oxygens (including phenoxy) is 1. The number of nitrogens with one attached hydrogen (secondary N) is 1. The van der Waals surface area contributed by atoms with Crippen LogP contribution in [0.15, 0.2) is 60.4 Å². The van der Waals surface area contributed by atoms with Crippen molar-refractivity contribution in [2.75, 3.05) is 19.7 Å². The summed E-state index contributed by atoms with van der Waals surface area (Å²) < 4.78 is 18.5. The zero-order chi connectivity index (χ0) is 18.1. The number of amides is 1. The fourth-order valence-corrected chi connectivity index (χ4v) is 2.39. The Bertz CT molecular complexity index is 735. The van der Waals surface area contributed by atoms with Crippen LogP contribution in [-0.2, 0) is 6.42 Å². The lowest BCUT2D eigenvalue weighted by Gasteiger charge is -2.09. The molecule has 4 nitrogen and oxygen atoms in total. The molecule has 0 aromatic heterocycles. The topological polar surface area (TPSA) is 64.3 Å². The van der Waals surface area contributed by atoms with E-state index in [4.69, 9.17) is 22.1 Å². The van der Waals surface area contributed by atoms with Crippen LogP contribution < -0.4 is 15.8 Å². The molecule has 25 heavy (non-hydrogen) atoms. The molecule has 0 aliphatic carbocycles. The lowest BCUT2D eigenvalue weighted by Crippen LogP contribution is -2.25. The van der Waals surface area contributed by atoms with Crippen molar-refractivity contribution in [3.63, 3.8) is 0 Å². The number of nitrogens with two attached hydrogens (primary N) is 1. The highest BCUT2D eigenvalue weighted by molar-refractivity contribution is 6.32. The predicted molar refractivity (Wildman–Crippen MR) is 97.7 cm³/mol. The molecule has 0 saturated heterocycles. The maximum absolute atomic E-state index is 13.3. The van der Waals surface area contributed by atoms with Gasteiger partial charge in [0.1, 0.15) is 18.2 Å². The number of hydrogen-bond donors (Lipinski definition) is 2. The largest absolute Gasteiger partial charge is 0.485 e. The lowest BCUT2D eigenvalue weighted by atomic mass is 10.1. The van der Waals surface area contributed by atoms with E-state index in [1.807, 2.05) is 30.3 Å². The normalized spacial score (nSPS) is 11.2. The lowest BCUT2D eigenvalue weighted by molar-refractivity contribution is 0.0954. The minimum atomic E-state index is -0.471. The van der Waals surface area contributed by atoms with Crippen LogP contribution in [0.2, 0.25) is 5.02 Å². The summed E-state index contributed by atoms with van der Waals surface area (Å²) in [7, 11) is 0. The average molecular weight is 363 g/mol. The predicted octanol–water partition coefficient (Wildman–Crippen LogP) is 3.50. The monoisotopic (exact) mass is 362 g/mol. The quantitative estimate of drug-likeness (QED) is 0.755. The van der Waals surface area contributed by atoms with Gasteiger partial charge in [0.15, 0.2) is 0 Å². The van der Waals surface area contributed by atoms with Gasteiger partial charge in [-0.2, -0.15) is 0 Å². The van der Waals surface area contributed by atoms with E-state index in [1.54, 1.807) is 12.1 Å². The first kappa shape index (κ1) is 19.0. The summed E-state index contributed by atoms with van der Waals surface area (Å²) in [5.74, 6) is -0.386. The van der Waals surface area contributed by atoms with Gasteiger partial charge in [0, 0.05) is 18.7 Å². The number of rotatable bonds is 8. The van der Waals surface area contributed by atoms with Crippen molar-refractivity contribution in [1.82, 2.24) is 5.32 Å². The zero-order valence-electron chi connectivity index (χ0n) is 13.7. The second-order valence-electron chi connectivity index (χ2n) is 5.31. The van der Waals surface area contributed by atoms with Crippen molar-refractivity contribution in [3.8, 4) is 5.75 Å². The number of carbonyl (C=O) groups excluding carboxylic acids is 1. The molecule has 0 atom stereocenters. The summed E-state index contributed by atoms with van der Waals surface area (Å²) in [4.78, 5) is 12.2. The Morgan fingerprint density at radius 3 is 2.68 bits per heavy atom. The highest BCUT2D eigenvalue weighted by Crippen LogP contribution is 2.26. The number of hydrogen-bond acceptors (Lipinski definition) is 3. The fourth-order valence-electron chi connectivity index (χ4n) is 2.16. The summed E-state index contributed by atoms with van der Waals surface area (Å²) in [6, 6.07) is 14.5. The second-order valence-corrected chi connectivity index (χ2v) is 5.72. The van der Waals surface area contributed by atoms with E-state index >= 15 is 0 Å². The van der Waals surface area contributed by atoms with E-state index in [0.29, 0.717) is 17.9 Å². The van der Waals surface area contributed by atoms with Crippen LogP contribution in [0.25, 0.3) is 0 Å². The second kappa shape index (κ2) is 9.81. The van der Waals surface area contributed by atoms with Gasteiger partial charge in [-0.25, -0.2) is 4.39 Å². The molecule has 2 aromatic rings. The molecule has 1 amide bonds. The Labute approximate surface area is 151 Å². The molecule has 0 saturated carbocycles. The molecule has 3 N–H and O–H groups in total. The Balaban J connectivity index is 1.88. The maximum Gasteiger partial charge on any atom is 0.251 e. The Morgan fingerprint density at radius 2 is 2.00 bits per heavy atom. The molecule has 0 aliphatic heterocycles. The molecule has 0 fully saturated rings. The minimum absolute atomic E-state index is 0.102. The van der Waals surface area contributed by atoms with E-state index in [9.17, 15) is 9.18 Å². The molecule has 2 aromatic carbocycles. The number of halogens is 2. The molecule has 2 rings (SSSR count). The van der Waals surface area contributed by atoms with Crippen molar-refractivity contribution in [1.29, 1.82) is 0 Å². The Hall–Kier alpha value is -2.37. The summed E-state index contributed by atoms with van der Waals surface area (Å²) in [5, 5.41) is 3.09. The zero-order valence-corrected chi connectivity index (χ0v) is 14.4. The van der Waals surface area contributed by atoms with Gasteiger partial charge in [-0.3, -0.25) is 4.79 Å². The summed E-state index contributed by atoms with van der Waals surface area (Å²) in [6.07, 6.45) is 1.97. The molecule has 0 heterocycles. The van der Waals surface area contributed by atoms with Crippen LogP contribution >= 0.6 is 11.6 Å². The highest BCUT2D eigenvalue weighted by Gasteiger charge is 2.10. The molecule has 132 valence electrons. The van der Waals surface area contributed by atoms with E-state index in [2.05, 4.69) is 5.32 Å². The molecule has 0 unspecified atom stereocenters. The van der Waals surface area contributed by atoms with E-state index in [1.165, 1.54) is 12.1 Å². The van der Waals surface area contributed by atoms with E-state index < -0.39 is 5.83 Å². The summed E-state index contributed by atoms with van der Waals surface area (Å²) in [5.41, 5.74) is 6.79. The van der Waals surface area contributed by atoms with Crippen LogP contribution in [0, 0.1) is 0 Å². The van der Waals surface area contributed by atoms with Gasteiger partial charge in [-0.15, -0.1) is 0 Å². The molecule has 0 aliphatic rings. The van der Waals surface area contributed by atoms with Crippen molar-refractivity contribution >= 4 is 17.5 Å². The highest BCUT2D eigenvalue weighted by atomic mass is 35.5. The third-order valence-electron chi connectivity index (χ3n) is 3.44. The molecule has 6 heteroatoms. The van der Waals surface area contributed by atoms with Crippen molar-refractivity contribution in [3.05, 3.63) is 76.6 Å². The molecule has 0 bridgehead atoms. The van der Waals surface area contributed by atoms with Crippen LogP contribution in [0.1, 0.15) is 15.9 Å². The van der Waals surface area contributed by atoms with Gasteiger partial charge in [0.25, 0.3) is 5.91 Å². The van der Waals surface area contributed by atoms with Gasteiger partial charge in [-0.05, 0) is 36.3 Å². The Morgan fingerprint density at radius 1 is 1.24 bits per heavy atom. The minimum Gasteiger partial charge on any atom is -0.485 e. The van der Waals surface area contributed by atoms with Crippen LogP contribution in [0.3, 0.4) is 0 Å². The molecular formula is C19H20ClFN2O2. The van der Waals surface area contributed by atoms with E-state index in [0.717, 1.165) is 12.0 Å². The summed E-state index contributed by atoms with van der Waals surface area (Å²) >= 11 is 6.09. The molecule has 0 radical (unpaired) electrons. The van der Waals surface area contributed by atoms with Crippen LogP contribution in [0.5, 0.6) is 5.75 Å². The standard InChI is InChI=1S/C19H20ClFN2O2/c20-17-12-15(6-7-18(17)25-13-16(21)8-10-22)19(24)23-11-9-14-4-2-1-3-5-14/h1-8,12H,9-11,13,22H2,(H,23,24). The van der Waals surface area contributed by atoms with Gasteiger partial charge < -0.3 is 15.8 Å². The third-order valence-corrected chi connectivity index (χ3v) is 3.74. The van der Waals surface area contributed by atoms with Crippen molar-refractivity contribution in [2.45, 2.75) is 6.42 Å². The van der Waals surface area contributed by atoms with Gasteiger partial charge in [0.05, 0.1) is 5.02 Å². The Kier molecular flexibility index (Phi) is 7.44. The van der Waals surface area contributed by atoms with Crippen molar-refractivity contribution in [2.24, 2.45) is 5.73 Å². The van der Waals surface area contributed by atoms with Gasteiger partial charge >= 0.3 is 0 Å². The first-order chi connectivity index (χ1) is 12.1. The first-order valence-corrected chi connectivity index (χ1v) is 8.27. The smallest absolute Gasteiger partial charge is 0.251 e. The van der Waals surface area contributed by atoms with E-state index in [-0.39, 0.29) is 24.1 Å².